The normalized spacial score (nSPS) is 11.9. The van der Waals surface area contributed by atoms with Crippen LogP contribution in [0.15, 0.2) is 36.6 Å². The predicted molar refractivity (Wildman–Crippen MR) is 123 cm³/mol. The maximum atomic E-state index is 13.6. The molecule has 2 aromatic rings. The van der Waals surface area contributed by atoms with E-state index in [9.17, 15) is 8.42 Å². The van der Waals surface area contributed by atoms with Gasteiger partial charge in [0.25, 0.3) is 0 Å². The van der Waals surface area contributed by atoms with E-state index >= 15 is 0 Å². The van der Waals surface area contributed by atoms with Crippen LogP contribution in [0.2, 0.25) is 0 Å². The molecule has 0 heterocycles. The number of benzene rings is 2. The standard InChI is InChI=1S/C16H12Br6O2S/c1-5-9(17)7(3)15(13(21)11(5)19)25(23,24)16-8(4)10(18)6(2)12(20)14(16)22/h1-4H3. The Kier molecular flexibility index (Phi) is 7.17. The Balaban J connectivity index is 3.02. The van der Waals surface area contributed by atoms with Crippen LogP contribution in [0.1, 0.15) is 22.3 Å². The monoisotopic (exact) mass is 742 g/mol. The summed E-state index contributed by atoms with van der Waals surface area (Å²) in [4.78, 5) is 0.478. The fraction of sp³-hybridized carbons (Fsp3) is 0.250. The van der Waals surface area contributed by atoms with E-state index in [2.05, 4.69) is 95.6 Å². The summed E-state index contributed by atoms with van der Waals surface area (Å²) >= 11 is 20.9. The molecule has 0 aliphatic carbocycles. The molecule has 2 aromatic carbocycles. The first-order valence-electron chi connectivity index (χ1n) is 6.88. The van der Waals surface area contributed by atoms with Crippen molar-refractivity contribution in [3.63, 3.8) is 0 Å². The van der Waals surface area contributed by atoms with Crippen molar-refractivity contribution in [1.82, 2.24) is 0 Å². The molecule has 136 valence electrons. The SMILES string of the molecule is Cc1c(Br)c(C)c(S(=O)(=O)c2c(C)c(Br)c(C)c(Br)c2Br)c(Br)c1Br. The third-order valence-electron chi connectivity index (χ3n) is 3.98. The van der Waals surface area contributed by atoms with Crippen LogP contribution in [0.25, 0.3) is 0 Å². The summed E-state index contributed by atoms with van der Waals surface area (Å²) in [6.07, 6.45) is 0. The molecule has 0 saturated carbocycles. The highest BCUT2D eigenvalue weighted by Crippen LogP contribution is 2.47. The number of halogens is 6. The molecule has 0 saturated heterocycles. The lowest BCUT2D eigenvalue weighted by Gasteiger charge is -2.20. The van der Waals surface area contributed by atoms with Gasteiger partial charge in [-0.15, -0.1) is 0 Å². The second-order valence-corrected chi connectivity index (χ2v) is 12.1. The van der Waals surface area contributed by atoms with Crippen molar-refractivity contribution in [3.05, 3.63) is 49.1 Å². The molecule has 0 aliphatic heterocycles. The Morgan fingerprint density at radius 1 is 0.480 bits per heavy atom. The Morgan fingerprint density at radius 3 is 1.04 bits per heavy atom. The maximum Gasteiger partial charge on any atom is 0.209 e. The van der Waals surface area contributed by atoms with E-state index in [1.807, 2.05) is 13.8 Å². The van der Waals surface area contributed by atoms with Crippen molar-refractivity contribution in [3.8, 4) is 0 Å². The molecule has 0 bridgehead atoms. The average molecular weight is 748 g/mol. The Bertz CT molecular complexity index is 879. The first-order chi connectivity index (χ1) is 11.4. The van der Waals surface area contributed by atoms with Crippen LogP contribution in [-0.4, -0.2) is 8.42 Å². The molecule has 0 amide bonds. The molecule has 2 rings (SSSR count). The van der Waals surface area contributed by atoms with Crippen molar-refractivity contribution >= 4 is 105 Å². The van der Waals surface area contributed by atoms with Crippen LogP contribution < -0.4 is 0 Å². The van der Waals surface area contributed by atoms with Gasteiger partial charge in [0, 0.05) is 17.9 Å². The second-order valence-electron chi connectivity index (χ2n) is 5.55. The van der Waals surface area contributed by atoms with Gasteiger partial charge in [0.15, 0.2) is 0 Å². The zero-order valence-electron chi connectivity index (χ0n) is 13.5. The largest absolute Gasteiger partial charge is 0.218 e. The van der Waals surface area contributed by atoms with Gasteiger partial charge in [0.05, 0.1) is 18.7 Å². The minimum atomic E-state index is -3.80. The van der Waals surface area contributed by atoms with E-state index < -0.39 is 9.84 Å². The minimum absolute atomic E-state index is 0.239. The van der Waals surface area contributed by atoms with Crippen LogP contribution in [-0.2, 0) is 9.84 Å². The van der Waals surface area contributed by atoms with Gasteiger partial charge < -0.3 is 0 Å². The average Bonchev–Trinajstić information content (AvgIpc) is 2.54. The molecule has 0 aromatic heterocycles. The highest BCUT2D eigenvalue weighted by Gasteiger charge is 2.32. The van der Waals surface area contributed by atoms with Crippen molar-refractivity contribution in [1.29, 1.82) is 0 Å². The van der Waals surface area contributed by atoms with E-state index in [0.717, 1.165) is 20.1 Å². The fourth-order valence-electron chi connectivity index (χ4n) is 2.55. The number of hydrogen-bond acceptors (Lipinski definition) is 2. The lowest BCUT2D eigenvalue weighted by molar-refractivity contribution is 0.593. The smallest absolute Gasteiger partial charge is 0.209 e. The molecule has 9 heteroatoms. The maximum absolute atomic E-state index is 13.6. The van der Waals surface area contributed by atoms with E-state index in [4.69, 9.17) is 0 Å². The van der Waals surface area contributed by atoms with Crippen LogP contribution in [0.3, 0.4) is 0 Å². The van der Waals surface area contributed by atoms with Crippen LogP contribution in [0, 0.1) is 27.7 Å². The molecule has 2 nitrogen and oxygen atoms in total. The Hall–Kier alpha value is 1.27. The quantitative estimate of drug-likeness (QED) is 0.290. The van der Waals surface area contributed by atoms with E-state index in [-0.39, 0.29) is 9.79 Å². The van der Waals surface area contributed by atoms with Crippen LogP contribution in [0.4, 0.5) is 0 Å². The zero-order valence-corrected chi connectivity index (χ0v) is 23.8. The molecular weight excluding hydrogens is 736 g/mol. The van der Waals surface area contributed by atoms with Crippen molar-refractivity contribution in [2.24, 2.45) is 0 Å². The number of hydrogen-bond donors (Lipinski definition) is 0. The van der Waals surface area contributed by atoms with Gasteiger partial charge in [-0.25, -0.2) is 8.42 Å². The second kappa shape index (κ2) is 7.95. The van der Waals surface area contributed by atoms with Gasteiger partial charge in [-0.2, -0.15) is 0 Å². The third kappa shape index (κ3) is 3.65. The molecular formula is C16H12Br6O2S. The van der Waals surface area contributed by atoms with Crippen molar-refractivity contribution in [2.45, 2.75) is 37.5 Å². The summed E-state index contributed by atoms with van der Waals surface area (Å²) in [7, 11) is -3.80. The van der Waals surface area contributed by atoms with Crippen molar-refractivity contribution < 1.29 is 8.42 Å². The van der Waals surface area contributed by atoms with E-state index in [1.165, 1.54) is 0 Å². The molecule has 0 N–H and O–H groups in total. The fourth-order valence-corrected chi connectivity index (χ4v) is 9.55. The third-order valence-corrected chi connectivity index (χ3v) is 13.6. The van der Waals surface area contributed by atoms with E-state index in [1.54, 1.807) is 13.8 Å². The molecule has 0 aliphatic rings. The summed E-state index contributed by atoms with van der Waals surface area (Å²) in [5, 5.41) is 0. The number of rotatable bonds is 2. The summed E-state index contributed by atoms with van der Waals surface area (Å²) < 4.78 is 31.2. The zero-order chi connectivity index (χ0) is 19.4. The van der Waals surface area contributed by atoms with Crippen LogP contribution >= 0.6 is 95.6 Å². The molecule has 0 spiro atoms. The van der Waals surface area contributed by atoms with Gasteiger partial charge in [-0.1, -0.05) is 31.9 Å². The molecule has 0 unspecified atom stereocenters. The molecule has 0 radical (unpaired) electrons. The molecule has 25 heavy (non-hydrogen) atoms. The van der Waals surface area contributed by atoms with Gasteiger partial charge in [-0.05, 0) is 114 Å². The lowest BCUT2D eigenvalue weighted by Crippen LogP contribution is -2.11. The minimum Gasteiger partial charge on any atom is -0.218 e. The summed E-state index contributed by atoms with van der Waals surface area (Å²) in [6.45, 7) is 7.43. The summed E-state index contributed by atoms with van der Waals surface area (Å²) in [5.41, 5.74) is 3.19. The highest BCUT2D eigenvalue weighted by molar-refractivity contribution is 9.13. The van der Waals surface area contributed by atoms with Gasteiger partial charge in [-0.3, -0.25) is 0 Å². The van der Waals surface area contributed by atoms with Gasteiger partial charge >= 0.3 is 0 Å². The Morgan fingerprint density at radius 2 is 0.760 bits per heavy atom. The summed E-state index contributed by atoms with van der Waals surface area (Å²) in [5.74, 6) is 0. The number of sulfone groups is 1. The Labute approximate surface area is 198 Å². The van der Waals surface area contributed by atoms with Gasteiger partial charge in [0.2, 0.25) is 9.84 Å². The van der Waals surface area contributed by atoms with E-state index in [0.29, 0.717) is 29.0 Å². The molecule has 0 atom stereocenters. The van der Waals surface area contributed by atoms with Gasteiger partial charge in [0.1, 0.15) is 0 Å². The topological polar surface area (TPSA) is 34.1 Å². The first kappa shape index (κ1) is 22.6. The predicted octanol–water partition coefficient (Wildman–Crippen LogP) is 8.33. The first-order valence-corrected chi connectivity index (χ1v) is 13.1. The summed E-state index contributed by atoms with van der Waals surface area (Å²) in [6, 6.07) is 0. The molecule has 0 fully saturated rings. The van der Waals surface area contributed by atoms with Crippen LogP contribution in [0.5, 0.6) is 0 Å². The van der Waals surface area contributed by atoms with Crippen molar-refractivity contribution in [2.75, 3.05) is 0 Å². The highest BCUT2D eigenvalue weighted by atomic mass is 79.9. The lowest BCUT2D eigenvalue weighted by atomic mass is 10.1.